The summed E-state index contributed by atoms with van der Waals surface area (Å²) in [4.78, 5) is 5.75. The first-order valence-corrected chi connectivity index (χ1v) is 9.65. The third kappa shape index (κ3) is 3.49. The number of nitrogens with zero attached hydrogens (tertiary/aromatic N) is 1. The molecule has 0 spiro atoms. The van der Waals surface area contributed by atoms with Crippen LogP contribution in [-0.2, 0) is 12.8 Å². The summed E-state index contributed by atoms with van der Waals surface area (Å²) in [5, 5.41) is 1.30. The van der Waals surface area contributed by atoms with Gasteiger partial charge >= 0.3 is 0 Å². The molecule has 0 fully saturated rings. The average Bonchev–Trinajstić information content (AvgIpc) is 3.14. The van der Waals surface area contributed by atoms with Gasteiger partial charge in [0.1, 0.15) is 5.75 Å². The molecule has 3 heteroatoms. The molecule has 1 N–H and O–H groups in total. The predicted octanol–water partition coefficient (Wildman–Crippen LogP) is 4.77. The van der Waals surface area contributed by atoms with Crippen LogP contribution < -0.4 is 4.74 Å². The van der Waals surface area contributed by atoms with Gasteiger partial charge in [-0.25, -0.2) is 0 Å². The van der Waals surface area contributed by atoms with Gasteiger partial charge in [-0.05, 0) is 85.0 Å². The van der Waals surface area contributed by atoms with Crippen molar-refractivity contribution < 1.29 is 4.74 Å². The van der Waals surface area contributed by atoms with Crippen molar-refractivity contribution in [1.82, 2.24) is 9.88 Å². The van der Waals surface area contributed by atoms with Crippen LogP contribution in [0.25, 0.3) is 10.9 Å². The lowest BCUT2D eigenvalue weighted by Crippen LogP contribution is -2.28. The topological polar surface area (TPSA) is 28.3 Å². The third-order valence-electron chi connectivity index (χ3n) is 5.74. The van der Waals surface area contributed by atoms with Crippen LogP contribution in [0.2, 0.25) is 0 Å². The van der Waals surface area contributed by atoms with E-state index in [2.05, 4.69) is 59.4 Å². The second kappa shape index (κ2) is 7.55. The van der Waals surface area contributed by atoms with Crippen LogP contribution in [0.3, 0.4) is 0 Å². The van der Waals surface area contributed by atoms with Gasteiger partial charge in [-0.2, -0.15) is 0 Å². The molecule has 0 amide bonds. The highest BCUT2D eigenvalue weighted by Gasteiger charge is 2.23. The third-order valence-corrected chi connectivity index (χ3v) is 5.74. The van der Waals surface area contributed by atoms with Crippen molar-refractivity contribution in [1.29, 1.82) is 0 Å². The minimum Gasteiger partial charge on any atom is -0.496 e. The molecule has 26 heavy (non-hydrogen) atoms. The molecule has 1 aromatic heterocycles. The molecule has 0 aliphatic heterocycles. The molecular formula is C23H28N2O. The maximum atomic E-state index is 5.58. The Morgan fingerprint density at radius 3 is 3.00 bits per heavy atom. The Morgan fingerprint density at radius 2 is 2.12 bits per heavy atom. The second-order valence-electron chi connectivity index (χ2n) is 7.53. The first kappa shape index (κ1) is 17.2. The zero-order valence-corrected chi connectivity index (χ0v) is 15.8. The fourth-order valence-corrected chi connectivity index (χ4v) is 4.34. The van der Waals surface area contributed by atoms with E-state index in [4.69, 9.17) is 4.74 Å². The normalized spacial score (nSPS) is 16.8. The van der Waals surface area contributed by atoms with Gasteiger partial charge in [0.05, 0.1) is 7.11 Å². The number of hydrogen-bond acceptors (Lipinski definition) is 2. The molecule has 0 saturated heterocycles. The summed E-state index contributed by atoms with van der Waals surface area (Å²) in [6.45, 7) is 2.21. The summed E-state index contributed by atoms with van der Waals surface area (Å²) >= 11 is 0. The average molecular weight is 348 g/mol. The van der Waals surface area contributed by atoms with E-state index in [9.17, 15) is 0 Å². The SMILES string of the molecule is COc1cccc2c1CCCC2CN(C)CCc1ccc2[nH]ccc2c1. The zero-order chi connectivity index (χ0) is 17.9. The van der Waals surface area contributed by atoms with Crippen molar-refractivity contribution in [2.45, 2.75) is 31.6 Å². The quantitative estimate of drug-likeness (QED) is 0.695. The lowest BCUT2D eigenvalue weighted by atomic mass is 9.82. The molecule has 1 aliphatic carbocycles. The summed E-state index contributed by atoms with van der Waals surface area (Å²) < 4.78 is 5.58. The van der Waals surface area contributed by atoms with Gasteiger partial charge in [0, 0.05) is 24.8 Å². The Morgan fingerprint density at radius 1 is 1.19 bits per heavy atom. The van der Waals surface area contributed by atoms with Gasteiger partial charge in [-0.3, -0.25) is 0 Å². The highest BCUT2D eigenvalue weighted by molar-refractivity contribution is 5.79. The van der Waals surface area contributed by atoms with E-state index in [0.29, 0.717) is 5.92 Å². The molecule has 1 atom stereocenters. The van der Waals surface area contributed by atoms with Crippen molar-refractivity contribution >= 4 is 10.9 Å². The maximum Gasteiger partial charge on any atom is 0.122 e. The zero-order valence-electron chi connectivity index (χ0n) is 15.8. The fraction of sp³-hybridized carbons (Fsp3) is 0.391. The Labute approximate surface area is 156 Å². The van der Waals surface area contributed by atoms with Crippen molar-refractivity contribution in [3.8, 4) is 5.75 Å². The van der Waals surface area contributed by atoms with E-state index in [1.54, 1.807) is 7.11 Å². The smallest absolute Gasteiger partial charge is 0.122 e. The van der Waals surface area contributed by atoms with Crippen LogP contribution in [0.1, 0.15) is 35.4 Å². The highest BCUT2D eigenvalue weighted by Crippen LogP contribution is 2.36. The number of hydrogen-bond donors (Lipinski definition) is 1. The Hall–Kier alpha value is -2.26. The number of ether oxygens (including phenoxy) is 1. The van der Waals surface area contributed by atoms with Crippen molar-refractivity contribution in [3.05, 3.63) is 65.4 Å². The molecule has 2 aromatic carbocycles. The summed E-state index contributed by atoms with van der Waals surface area (Å²) in [7, 11) is 4.04. The monoisotopic (exact) mass is 348 g/mol. The number of H-pyrrole nitrogens is 1. The fourth-order valence-electron chi connectivity index (χ4n) is 4.34. The number of likely N-dealkylation sites (N-methyl/N-ethyl adjacent to an activating group) is 1. The first-order valence-electron chi connectivity index (χ1n) is 9.65. The van der Waals surface area contributed by atoms with Crippen LogP contribution in [0, 0.1) is 0 Å². The standard InChI is InChI=1S/C23H28N2O/c1-25(14-12-17-9-10-22-18(15-17)11-13-24-22)16-19-5-3-7-21-20(19)6-4-8-23(21)26-2/h4,6,8-11,13,15,19,24H,3,5,7,12,14,16H2,1-2H3. The minimum atomic E-state index is 0.617. The van der Waals surface area contributed by atoms with Crippen LogP contribution >= 0.6 is 0 Å². The predicted molar refractivity (Wildman–Crippen MR) is 108 cm³/mol. The highest BCUT2D eigenvalue weighted by atomic mass is 16.5. The van der Waals surface area contributed by atoms with Crippen LogP contribution in [-0.4, -0.2) is 37.1 Å². The van der Waals surface area contributed by atoms with E-state index in [1.807, 2.05) is 6.20 Å². The first-order chi connectivity index (χ1) is 12.7. The number of fused-ring (bicyclic) bond motifs is 2. The number of benzene rings is 2. The summed E-state index contributed by atoms with van der Waals surface area (Å²) in [6.07, 6.45) is 6.79. The van der Waals surface area contributed by atoms with Crippen molar-refractivity contribution in [2.24, 2.45) is 0 Å². The minimum absolute atomic E-state index is 0.617. The Kier molecular flexibility index (Phi) is 4.98. The summed E-state index contributed by atoms with van der Waals surface area (Å²) in [6, 6.07) is 15.4. The van der Waals surface area contributed by atoms with Crippen LogP contribution in [0.4, 0.5) is 0 Å². The van der Waals surface area contributed by atoms with Gasteiger partial charge in [0.15, 0.2) is 0 Å². The molecule has 3 aromatic rings. The Bertz CT molecular complexity index is 883. The lowest BCUT2D eigenvalue weighted by molar-refractivity contribution is 0.299. The van der Waals surface area contributed by atoms with Crippen LogP contribution in [0.5, 0.6) is 5.75 Å². The summed E-state index contributed by atoms with van der Waals surface area (Å²) in [5.74, 6) is 1.68. The molecule has 1 aliphatic rings. The largest absolute Gasteiger partial charge is 0.496 e. The van der Waals surface area contributed by atoms with Crippen molar-refractivity contribution in [3.63, 3.8) is 0 Å². The number of rotatable bonds is 6. The van der Waals surface area contributed by atoms with E-state index in [0.717, 1.165) is 31.7 Å². The number of aromatic nitrogens is 1. The van der Waals surface area contributed by atoms with Crippen LogP contribution in [0.15, 0.2) is 48.7 Å². The van der Waals surface area contributed by atoms with Gasteiger partial charge in [-0.1, -0.05) is 18.2 Å². The van der Waals surface area contributed by atoms with E-state index in [-0.39, 0.29) is 0 Å². The summed E-state index contributed by atoms with van der Waals surface area (Å²) in [5.41, 5.74) is 5.55. The molecule has 0 bridgehead atoms. The number of aromatic amines is 1. The molecular weight excluding hydrogens is 320 g/mol. The molecule has 3 nitrogen and oxygen atoms in total. The number of nitrogens with one attached hydrogen (secondary N) is 1. The molecule has 0 saturated carbocycles. The number of methoxy groups -OCH3 is 1. The lowest BCUT2D eigenvalue weighted by Gasteiger charge is -2.30. The maximum absolute atomic E-state index is 5.58. The van der Waals surface area contributed by atoms with Crippen molar-refractivity contribution in [2.75, 3.05) is 27.2 Å². The molecule has 1 unspecified atom stereocenters. The Balaban J connectivity index is 1.40. The second-order valence-corrected chi connectivity index (χ2v) is 7.53. The van der Waals surface area contributed by atoms with E-state index >= 15 is 0 Å². The molecule has 0 radical (unpaired) electrons. The van der Waals surface area contributed by atoms with Gasteiger partial charge in [0.2, 0.25) is 0 Å². The molecule has 4 rings (SSSR count). The van der Waals surface area contributed by atoms with E-state index in [1.165, 1.54) is 40.4 Å². The van der Waals surface area contributed by atoms with Gasteiger partial charge < -0.3 is 14.6 Å². The van der Waals surface area contributed by atoms with E-state index < -0.39 is 0 Å². The van der Waals surface area contributed by atoms with Gasteiger partial charge in [-0.15, -0.1) is 0 Å². The molecule has 1 heterocycles. The van der Waals surface area contributed by atoms with Gasteiger partial charge in [0.25, 0.3) is 0 Å². The molecule has 136 valence electrons.